The number of hydrogen-bond acceptors (Lipinski definition) is 3. The number of hydrogen-bond donors (Lipinski definition) is 1. The molecule has 5 nitrogen and oxygen atoms in total. The number of benzene rings is 1. The van der Waals surface area contributed by atoms with Crippen molar-refractivity contribution in [2.45, 2.75) is 19.0 Å². The molecule has 0 bridgehead atoms. The maximum Gasteiger partial charge on any atom is 0.325 e. The lowest BCUT2D eigenvalue weighted by molar-refractivity contribution is -0.131. The number of rotatable bonds is 3. The van der Waals surface area contributed by atoms with Gasteiger partial charge in [0.05, 0.1) is 6.54 Å². The van der Waals surface area contributed by atoms with Crippen LogP contribution in [0.25, 0.3) is 0 Å². The number of urea groups is 1. The first-order valence-electron chi connectivity index (χ1n) is 7.01. The average Bonchev–Trinajstić information content (AvgIpc) is 2.73. The van der Waals surface area contributed by atoms with Gasteiger partial charge in [-0.25, -0.2) is 18.6 Å². The molecule has 1 atom stereocenters. The van der Waals surface area contributed by atoms with E-state index in [1.165, 1.54) is 19.2 Å². The molecular formula is C16H12ClF2N3O2. The standard InChI is InChI=1S/C16H12ClF2N3O2/c1-16(11-4-3-10(18)6-12(11)19)14(23)22(15(24)21-16)8-9-2-5-13(17)20-7-9/h2-7H,8H2,1H3,(H,21,24). The summed E-state index contributed by atoms with van der Waals surface area (Å²) in [5, 5.41) is 2.75. The highest BCUT2D eigenvalue weighted by Gasteiger charge is 2.50. The summed E-state index contributed by atoms with van der Waals surface area (Å²) in [7, 11) is 0. The van der Waals surface area contributed by atoms with Crippen molar-refractivity contribution in [1.82, 2.24) is 15.2 Å². The van der Waals surface area contributed by atoms with Crippen molar-refractivity contribution in [1.29, 1.82) is 0 Å². The Morgan fingerprint density at radius 3 is 2.62 bits per heavy atom. The molecule has 0 aliphatic carbocycles. The normalized spacial score (nSPS) is 20.4. The molecule has 3 amide bonds. The van der Waals surface area contributed by atoms with E-state index in [0.29, 0.717) is 11.6 Å². The van der Waals surface area contributed by atoms with Crippen LogP contribution in [0.2, 0.25) is 5.15 Å². The van der Waals surface area contributed by atoms with E-state index >= 15 is 0 Å². The maximum absolute atomic E-state index is 14.1. The number of aromatic nitrogens is 1. The molecule has 1 aliphatic rings. The van der Waals surface area contributed by atoms with Crippen LogP contribution in [0.1, 0.15) is 18.1 Å². The molecule has 8 heteroatoms. The second-order valence-corrected chi connectivity index (χ2v) is 5.95. The minimum absolute atomic E-state index is 0.0345. The molecule has 1 aromatic carbocycles. The third-order valence-corrected chi connectivity index (χ3v) is 4.10. The highest BCUT2D eigenvalue weighted by atomic mass is 35.5. The molecule has 0 spiro atoms. The zero-order valence-corrected chi connectivity index (χ0v) is 13.3. The van der Waals surface area contributed by atoms with E-state index < -0.39 is 29.1 Å². The van der Waals surface area contributed by atoms with Crippen LogP contribution in [0.15, 0.2) is 36.5 Å². The van der Waals surface area contributed by atoms with Crippen molar-refractivity contribution < 1.29 is 18.4 Å². The smallest absolute Gasteiger partial charge is 0.319 e. The van der Waals surface area contributed by atoms with Gasteiger partial charge < -0.3 is 5.32 Å². The predicted molar refractivity (Wildman–Crippen MR) is 82.0 cm³/mol. The van der Waals surface area contributed by atoms with E-state index in [-0.39, 0.29) is 17.3 Å². The van der Waals surface area contributed by atoms with Crippen LogP contribution in [0.5, 0.6) is 0 Å². The van der Waals surface area contributed by atoms with Crippen LogP contribution in [0, 0.1) is 11.6 Å². The molecule has 1 fully saturated rings. The maximum atomic E-state index is 14.1. The molecule has 0 saturated carbocycles. The molecule has 1 N–H and O–H groups in total. The molecule has 1 unspecified atom stereocenters. The minimum atomic E-state index is -1.60. The lowest BCUT2D eigenvalue weighted by Gasteiger charge is -2.22. The van der Waals surface area contributed by atoms with Gasteiger partial charge in [-0.2, -0.15) is 0 Å². The van der Waals surface area contributed by atoms with Gasteiger partial charge in [0, 0.05) is 17.8 Å². The van der Waals surface area contributed by atoms with Crippen molar-refractivity contribution in [2.75, 3.05) is 0 Å². The number of amides is 3. The van der Waals surface area contributed by atoms with Crippen LogP contribution in [-0.4, -0.2) is 21.8 Å². The molecule has 124 valence electrons. The summed E-state index contributed by atoms with van der Waals surface area (Å²) in [6.45, 7) is 1.34. The summed E-state index contributed by atoms with van der Waals surface area (Å²) in [5.41, 5.74) is -1.11. The van der Waals surface area contributed by atoms with Crippen molar-refractivity contribution in [3.63, 3.8) is 0 Å². The number of halogens is 3. The number of carbonyl (C=O) groups excluding carboxylic acids is 2. The Labute approximate surface area is 141 Å². The number of carbonyl (C=O) groups is 2. The zero-order valence-electron chi connectivity index (χ0n) is 12.5. The summed E-state index contributed by atoms with van der Waals surface area (Å²) in [6, 6.07) is 5.36. The first-order valence-corrected chi connectivity index (χ1v) is 7.39. The van der Waals surface area contributed by atoms with Gasteiger partial charge in [-0.1, -0.05) is 23.7 Å². The fourth-order valence-electron chi connectivity index (χ4n) is 2.60. The third kappa shape index (κ3) is 2.71. The number of imide groups is 1. The van der Waals surface area contributed by atoms with Crippen LogP contribution in [0.3, 0.4) is 0 Å². The van der Waals surface area contributed by atoms with E-state index in [1.54, 1.807) is 6.07 Å². The summed E-state index contributed by atoms with van der Waals surface area (Å²) < 4.78 is 27.1. The molecular weight excluding hydrogens is 340 g/mol. The number of nitrogens with zero attached hydrogens (tertiary/aromatic N) is 2. The molecule has 0 radical (unpaired) electrons. The van der Waals surface area contributed by atoms with Crippen molar-refractivity contribution in [2.24, 2.45) is 0 Å². The fourth-order valence-corrected chi connectivity index (χ4v) is 2.71. The quantitative estimate of drug-likeness (QED) is 0.683. The van der Waals surface area contributed by atoms with Gasteiger partial charge in [0.15, 0.2) is 0 Å². The Hall–Kier alpha value is -2.54. The lowest BCUT2D eigenvalue weighted by atomic mass is 9.91. The molecule has 2 aromatic rings. The van der Waals surface area contributed by atoms with Gasteiger partial charge in [0.1, 0.15) is 22.3 Å². The summed E-state index contributed by atoms with van der Waals surface area (Å²) in [6.07, 6.45) is 1.44. The second kappa shape index (κ2) is 5.83. The van der Waals surface area contributed by atoms with Gasteiger partial charge in [0.2, 0.25) is 0 Å². The fraction of sp³-hybridized carbons (Fsp3) is 0.188. The Bertz CT molecular complexity index is 829. The van der Waals surface area contributed by atoms with Crippen LogP contribution >= 0.6 is 11.6 Å². The van der Waals surface area contributed by atoms with Gasteiger partial charge in [-0.15, -0.1) is 0 Å². The van der Waals surface area contributed by atoms with E-state index in [1.807, 2.05) is 0 Å². The molecule has 1 aromatic heterocycles. The summed E-state index contributed by atoms with van der Waals surface area (Å²) >= 11 is 5.70. The average molecular weight is 352 g/mol. The summed E-state index contributed by atoms with van der Waals surface area (Å²) in [5.74, 6) is -2.30. The highest BCUT2D eigenvalue weighted by molar-refractivity contribution is 6.29. The third-order valence-electron chi connectivity index (χ3n) is 3.87. The first kappa shape index (κ1) is 16.3. The molecule has 1 saturated heterocycles. The van der Waals surface area contributed by atoms with Gasteiger partial charge >= 0.3 is 6.03 Å². The monoisotopic (exact) mass is 351 g/mol. The molecule has 3 rings (SSSR count). The SMILES string of the molecule is CC1(c2ccc(F)cc2F)NC(=O)N(Cc2ccc(Cl)nc2)C1=O. The van der Waals surface area contributed by atoms with Crippen molar-refractivity contribution >= 4 is 23.5 Å². The number of pyridine rings is 1. The van der Waals surface area contributed by atoms with Crippen LogP contribution < -0.4 is 5.32 Å². The molecule has 1 aliphatic heterocycles. The Morgan fingerprint density at radius 1 is 1.25 bits per heavy atom. The van der Waals surface area contributed by atoms with E-state index in [2.05, 4.69) is 10.3 Å². The van der Waals surface area contributed by atoms with Crippen LogP contribution in [-0.2, 0) is 16.9 Å². The van der Waals surface area contributed by atoms with Crippen molar-refractivity contribution in [3.8, 4) is 0 Å². The first-order chi connectivity index (χ1) is 11.3. The lowest BCUT2D eigenvalue weighted by Crippen LogP contribution is -2.41. The van der Waals surface area contributed by atoms with E-state index in [4.69, 9.17) is 11.6 Å². The van der Waals surface area contributed by atoms with Gasteiger partial charge in [-0.3, -0.25) is 9.69 Å². The number of nitrogens with one attached hydrogen (secondary N) is 1. The Morgan fingerprint density at radius 2 is 2.00 bits per heavy atom. The minimum Gasteiger partial charge on any atom is -0.319 e. The largest absolute Gasteiger partial charge is 0.325 e. The predicted octanol–water partition coefficient (Wildman–Crippen LogP) is 2.98. The molecule has 2 heterocycles. The topological polar surface area (TPSA) is 62.3 Å². The van der Waals surface area contributed by atoms with Gasteiger partial charge in [0.25, 0.3) is 5.91 Å². The van der Waals surface area contributed by atoms with Crippen LogP contribution in [0.4, 0.5) is 13.6 Å². The van der Waals surface area contributed by atoms with E-state index in [0.717, 1.165) is 17.0 Å². The second-order valence-electron chi connectivity index (χ2n) is 5.56. The molecule has 24 heavy (non-hydrogen) atoms. The summed E-state index contributed by atoms with van der Waals surface area (Å²) in [4.78, 5) is 29.7. The highest BCUT2D eigenvalue weighted by Crippen LogP contribution is 2.31. The van der Waals surface area contributed by atoms with Gasteiger partial charge in [-0.05, 0) is 24.6 Å². The zero-order chi connectivity index (χ0) is 17.5. The van der Waals surface area contributed by atoms with E-state index in [9.17, 15) is 18.4 Å². The Kier molecular flexibility index (Phi) is 3.96. The Balaban J connectivity index is 1.91. The van der Waals surface area contributed by atoms with Crippen molar-refractivity contribution in [3.05, 3.63) is 64.4 Å².